The van der Waals surface area contributed by atoms with Crippen molar-refractivity contribution in [1.82, 2.24) is 5.32 Å². The van der Waals surface area contributed by atoms with E-state index in [4.69, 9.17) is 26.4 Å². The number of ether oxygens (including phenoxy) is 3. The van der Waals surface area contributed by atoms with Gasteiger partial charge >= 0.3 is 0 Å². The maximum atomic E-state index is 12.7. The predicted octanol–water partition coefficient (Wildman–Crippen LogP) is 4.78. The van der Waals surface area contributed by atoms with E-state index in [1.807, 2.05) is 24.3 Å². The van der Waals surface area contributed by atoms with E-state index in [0.717, 1.165) is 17.3 Å². The van der Waals surface area contributed by atoms with E-state index in [9.17, 15) is 4.79 Å². The largest absolute Gasteiger partial charge is 0.493 e. The molecule has 2 N–H and O–H groups in total. The molecule has 0 saturated heterocycles. The summed E-state index contributed by atoms with van der Waals surface area (Å²) in [5, 5.41) is 5.87. The Labute approximate surface area is 185 Å². The van der Waals surface area contributed by atoms with Gasteiger partial charge in [-0.2, -0.15) is 0 Å². The number of hydrogen-bond acceptors (Lipinski definition) is 5. The van der Waals surface area contributed by atoms with Crippen molar-refractivity contribution in [3.8, 4) is 11.5 Å². The van der Waals surface area contributed by atoms with Gasteiger partial charge in [-0.25, -0.2) is 0 Å². The van der Waals surface area contributed by atoms with Gasteiger partial charge < -0.3 is 19.5 Å². The molecule has 0 bridgehead atoms. The first-order chi connectivity index (χ1) is 14.0. The summed E-state index contributed by atoms with van der Waals surface area (Å²) >= 11 is 8.68. The Morgan fingerprint density at radius 1 is 1.10 bits per heavy atom. The number of carbonyl (C=O) groups is 1. The molecule has 0 atom stereocenters. The molecule has 8 heteroatoms. The van der Waals surface area contributed by atoms with Crippen LogP contribution in [0, 0.1) is 0 Å². The highest BCUT2D eigenvalue weighted by Gasteiger charge is 2.15. The minimum Gasteiger partial charge on any atom is -0.493 e. The molecule has 0 aliphatic rings. The fourth-order valence-corrected chi connectivity index (χ4v) is 2.94. The number of amides is 1. The lowest BCUT2D eigenvalue weighted by molar-refractivity contribution is 0.0973. The summed E-state index contributed by atoms with van der Waals surface area (Å²) < 4.78 is 17.1. The monoisotopic (exact) mass is 480 g/mol. The number of benzene rings is 2. The minimum absolute atomic E-state index is 0.184. The smallest absolute Gasteiger partial charge is 0.261 e. The standard InChI is InChI=1S/C21H25BrN2O4S/c1-3-4-10-28-19-9-8-15(22)13-18(19)20(25)24-21(29)23-16-6-5-7-17(14-16)27-12-11-26-2/h5-9,13-14H,3-4,10-12H2,1-2H3,(H2,23,24,25,29). The van der Waals surface area contributed by atoms with Gasteiger partial charge in [0.25, 0.3) is 5.91 Å². The molecule has 0 spiro atoms. The van der Waals surface area contributed by atoms with Gasteiger partial charge in [0.1, 0.15) is 18.1 Å². The molecule has 0 saturated carbocycles. The van der Waals surface area contributed by atoms with Crippen LogP contribution in [0.15, 0.2) is 46.9 Å². The van der Waals surface area contributed by atoms with Crippen molar-refractivity contribution < 1.29 is 19.0 Å². The number of anilines is 1. The highest BCUT2D eigenvalue weighted by atomic mass is 79.9. The summed E-state index contributed by atoms with van der Waals surface area (Å²) in [6, 6.07) is 12.6. The molecule has 2 rings (SSSR count). The summed E-state index contributed by atoms with van der Waals surface area (Å²) in [6.07, 6.45) is 1.93. The van der Waals surface area contributed by atoms with Gasteiger partial charge in [-0.05, 0) is 49.0 Å². The van der Waals surface area contributed by atoms with Gasteiger partial charge in [0, 0.05) is 23.3 Å². The van der Waals surface area contributed by atoms with Crippen LogP contribution in [0.4, 0.5) is 5.69 Å². The van der Waals surface area contributed by atoms with Crippen molar-refractivity contribution in [1.29, 1.82) is 0 Å². The molecule has 0 aliphatic heterocycles. The third-order valence-electron chi connectivity index (χ3n) is 3.82. The fraction of sp³-hybridized carbons (Fsp3) is 0.333. The highest BCUT2D eigenvalue weighted by Crippen LogP contribution is 2.24. The zero-order valence-corrected chi connectivity index (χ0v) is 18.9. The van der Waals surface area contributed by atoms with E-state index in [-0.39, 0.29) is 11.0 Å². The molecule has 0 unspecified atom stereocenters. The zero-order chi connectivity index (χ0) is 21.1. The quantitative estimate of drug-likeness (QED) is 0.376. The normalized spacial score (nSPS) is 10.3. The van der Waals surface area contributed by atoms with Gasteiger partial charge in [-0.15, -0.1) is 0 Å². The Morgan fingerprint density at radius 2 is 1.93 bits per heavy atom. The summed E-state index contributed by atoms with van der Waals surface area (Å²) in [4.78, 5) is 12.7. The predicted molar refractivity (Wildman–Crippen MR) is 122 cm³/mol. The molecule has 29 heavy (non-hydrogen) atoms. The topological polar surface area (TPSA) is 68.8 Å². The van der Waals surface area contributed by atoms with Crippen LogP contribution in [0.2, 0.25) is 0 Å². The Bertz CT molecular complexity index is 832. The molecule has 0 aromatic heterocycles. The fourth-order valence-electron chi connectivity index (χ4n) is 2.37. The number of hydrogen-bond donors (Lipinski definition) is 2. The van der Waals surface area contributed by atoms with Crippen molar-refractivity contribution >= 4 is 44.9 Å². The van der Waals surface area contributed by atoms with Crippen molar-refractivity contribution in [3.63, 3.8) is 0 Å². The van der Waals surface area contributed by atoms with Gasteiger partial charge in [-0.3, -0.25) is 10.1 Å². The maximum Gasteiger partial charge on any atom is 0.261 e. The number of carbonyl (C=O) groups excluding carboxylic acids is 1. The van der Waals surface area contributed by atoms with Crippen molar-refractivity contribution in [2.24, 2.45) is 0 Å². The van der Waals surface area contributed by atoms with Crippen LogP contribution in [0.5, 0.6) is 11.5 Å². The maximum absolute atomic E-state index is 12.7. The molecule has 0 heterocycles. The van der Waals surface area contributed by atoms with E-state index >= 15 is 0 Å². The number of unbranched alkanes of at least 4 members (excludes halogenated alkanes) is 1. The lowest BCUT2D eigenvalue weighted by Crippen LogP contribution is -2.34. The van der Waals surface area contributed by atoms with Crippen molar-refractivity contribution in [2.75, 3.05) is 32.2 Å². The average Bonchev–Trinajstić information content (AvgIpc) is 2.69. The Kier molecular flexibility index (Phi) is 9.90. The molecule has 0 radical (unpaired) electrons. The van der Waals surface area contributed by atoms with Crippen molar-refractivity contribution in [2.45, 2.75) is 19.8 Å². The first-order valence-electron chi connectivity index (χ1n) is 9.30. The molecule has 2 aromatic rings. The summed E-state index contributed by atoms with van der Waals surface area (Å²) in [7, 11) is 1.62. The van der Waals surface area contributed by atoms with Crippen LogP contribution in [-0.4, -0.2) is 38.0 Å². The Morgan fingerprint density at radius 3 is 2.69 bits per heavy atom. The Hall–Kier alpha value is -2.16. The third-order valence-corrected chi connectivity index (χ3v) is 4.51. The molecule has 0 fully saturated rings. The van der Waals surface area contributed by atoms with Crippen LogP contribution in [0.1, 0.15) is 30.1 Å². The van der Waals surface area contributed by atoms with E-state index in [1.54, 1.807) is 25.3 Å². The number of nitrogens with one attached hydrogen (secondary N) is 2. The van der Waals surface area contributed by atoms with E-state index < -0.39 is 0 Å². The third kappa shape index (κ3) is 8.00. The molecule has 1 amide bonds. The number of rotatable bonds is 10. The van der Waals surface area contributed by atoms with E-state index in [2.05, 4.69) is 33.5 Å². The van der Waals surface area contributed by atoms with Gasteiger partial charge in [0.15, 0.2) is 5.11 Å². The second kappa shape index (κ2) is 12.4. The van der Waals surface area contributed by atoms with Crippen molar-refractivity contribution in [3.05, 3.63) is 52.5 Å². The molecular weight excluding hydrogens is 456 g/mol. The first-order valence-corrected chi connectivity index (χ1v) is 10.5. The van der Waals surface area contributed by atoms with Crippen LogP contribution < -0.4 is 20.1 Å². The van der Waals surface area contributed by atoms with Crippen LogP contribution in [-0.2, 0) is 4.74 Å². The van der Waals surface area contributed by atoms with Crippen LogP contribution in [0.25, 0.3) is 0 Å². The first kappa shape index (κ1) is 23.1. The number of thiocarbonyl (C=S) groups is 1. The van der Waals surface area contributed by atoms with Crippen LogP contribution >= 0.6 is 28.1 Å². The average molecular weight is 481 g/mol. The van der Waals surface area contributed by atoms with E-state index in [1.165, 1.54) is 0 Å². The molecule has 2 aromatic carbocycles. The van der Waals surface area contributed by atoms with Crippen LogP contribution in [0.3, 0.4) is 0 Å². The molecule has 6 nitrogen and oxygen atoms in total. The molecular formula is C21H25BrN2O4S. The summed E-state index contributed by atoms with van der Waals surface area (Å²) in [6.45, 7) is 3.59. The summed E-state index contributed by atoms with van der Waals surface area (Å²) in [5.41, 5.74) is 1.12. The SMILES string of the molecule is CCCCOc1ccc(Br)cc1C(=O)NC(=S)Nc1cccc(OCCOC)c1. The Balaban J connectivity index is 1.99. The lowest BCUT2D eigenvalue weighted by atomic mass is 10.2. The summed E-state index contributed by atoms with van der Waals surface area (Å²) in [5.74, 6) is 0.859. The van der Waals surface area contributed by atoms with Gasteiger partial charge in [-0.1, -0.05) is 35.3 Å². The van der Waals surface area contributed by atoms with Gasteiger partial charge in [0.2, 0.25) is 0 Å². The second-order valence-corrected chi connectivity index (χ2v) is 7.44. The number of methoxy groups -OCH3 is 1. The van der Waals surface area contributed by atoms with E-state index in [0.29, 0.717) is 42.6 Å². The highest BCUT2D eigenvalue weighted by molar-refractivity contribution is 9.10. The molecule has 156 valence electrons. The molecule has 0 aliphatic carbocycles. The zero-order valence-electron chi connectivity index (χ0n) is 16.5. The minimum atomic E-state index is -0.345. The lowest BCUT2D eigenvalue weighted by Gasteiger charge is -2.14. The van der Waals surface area contributed by atoms with Gasteiger partial charge in [0.05, 0.1) is 18.8 Å². The number of halogens is 1. The second-order valence-electron chi connectivity index (χ2n) is 6.12.